The Morgan fingerprint density at radius 1 is 0.968 bits per heavy atom. The van der Waals surface area contributed by atoms with E-state index in [4.69, 9.17) is 0 Å². The zero-order valence-electron chi connectivity index (χ0n) is 17.5. The summed E-state index contributed by atoms with van der Waals surface area (Å²) in [6, 6.07) is 13.6. The number of halogens is 1. The third-order valence-electron chi connectivity index (χ3n) is 5.77. The standard InChI is InChI=1S/C24H27FN4O2/c25-19-10-4-3-9-18(19)24(31)26-17-22-27-20-11-5-6-12-21(20)29(22)16-13-23(30)28-14-7-1-2-8-15-28/h3-6,9-12H,1-2,7-8,13-17H2,(H,26,31). The van der Waals surface area contributed by atoms with E-state index < -0.39 is 11.7 Å². The number of nitrogens with one attached hydrogen (secondary N) is 1. The topological polar surface area (TPSA) is 67.2 Å². The molecule has 2 aromatic carbocycles. The highest BCUT2D eigenvalue weighted by molar-refractivity contribution is 5.94. The molecule has 31 heavy (non-hydrogen) atoms. The van der Waals surface area contributed by atoms with Crippen LogP contribution in [0.2, 0.25) is 0 Å². The molecule has 6 nitrogen and oxygen atoms in total. The second kappa shape index (κ2) is 9.73. The van der Waals surface area contributed by atoms with E-state index in [1.165, 1.54) is 25.0 Å². The number of para-hydroxylation sites is 2. The Balaban J connectivity index is 1.48. The Bertz CT molecular complexity index is 1070. The van der Waals surface area contributed by atoms with E-state index in [2.05, 4.69) is 10.3 Å². The lowest BCUT2D eigenvalue weighted by Gasteiger charge is -2.20. The van der Waals surface area contributed by atoms with Crippen LogP contribution in [0.15, 0.2) is 48.5 Å². The normalized spacial score (nSPS) is 14.4. The molecule has 0 spiro atoms. The number of amides is 2. The van der Waals surface area contributed by atoms with Crippen LogP contribution in [0.5, 0.6) is 0 Å². The Kier molecular flexibility index (Phi) is 6.60. The summed E-state index contributed by atoms with van der Waals surface area (Å²) in [7, 11) is 0. The van der Waals surface area contributed by atoms with Crippen LogP contribution in [0.3, 0.4) is 0 Å². The largest absolute Gasteiger partial charge is 0.345 e. The fraction of sp³-hybridized carbons (Fsp3) is 0.375. The number of hydrogen-bond acceptors (Lipinski definition) is 3. The first-order chi connectivity index (χ1) is 15.1. The maximum absolute atomic E-state index is 13.9. The number of carbonyl (C=O) groups is 2. The summed E-state index contributed by atoms with van der Waals surface area (Å²) in [4.78, 5) is 31.8. The van der Waals surface area contributed by atoms with Gasteiger partial charge in [0.2, 0.25) is 5.91 Å². The van der Waals surface area contributed by atoms with Gasteiger partial charge in [0.15, 0.2) is 0 Å². The van der Waals surface area contributed by atoms with Crippen LogP contribution in [0, 0.1) is 5.82 Å². The summed E-state index contributed by atoms with van der Waals surface area (Å²) >= 11 is 0. The van der Waals surface area contributed by atoms with Crippen molar-refractivity contribution in [3.8, 4) is 0 Å². The monoisotopic (exact) mass is 422 g/mol. The first-order valence-corrected chi connectivity index (χ1v) is 10.9. The number of aryl methyl sites for hydroxylation is 1. The molecule has 1 aliphatic heterocycles. The molecular weight excluding hydrogens is 395 g/mol. The predicted molar refractivity (Wildman–Crippen MR) is 117 cm³/mol. The summed E-state index contributed by atoms with van der Waals surface area (Å²) in [6.45, 7) is 2.30. The number of likely N-dealkylation sites (tertiary alicyclic amines) is 1. The van der Waals surface area contributed by atoms with Crippen molar-refractivity contribution < 1.29 is 14.0 Å². The van der Waals surface area contributed by atoms with Crippen molar-refractivity contribution in [2.24, 2.45) is 0 Å². The summed E-state index contributed by atoms with van der Waals surface area (Å²) in [5.74, 6) is -0.246. The number of nitrogens with zero attached hydrogens (tertiary/aromatic N) is 3. The van der Waals surface area contributed by atoms with E-state index in [-0.39, 0.29) is 18.0 Å². The lowest BCUT2D eigenvalue weighted by Crippen LogP contribution is -2.32. The maximum Gasteiger partial charge on any atom is 0.254 e. The molecule has 162 valence electrons. The second-order valence-electron chi connectivity index (χ2n) is 7.88. The third-order valence-corrected chi connectivity index (χ3v) is 5.77. The van der Waals surface area contributed by atoms with Crippen molar-refractivity contribution in [1.29, 1.82) is 0 Å². The van der Waals surface area contributed by atoms with E-state index in [0.717, 1.165) is 37.0 Å². The third kappa shape index (κ3) is 4.93. The summed E-state index contributed by atoms with van der Waals surface area (Å²) < 4.78 is 15.9. The molecule has 0 saturated carbocycles. The quantitative estimate of drug-likeness (QED) is 0.655. The zero-order chi connectivity index (χ0) is 21.6. The smallest absolute Gasteiger partial charge is 0.254 e. The van der Waals surface area contributed by atoms with E-state index in [1.54, 1.807) is 12.1 Å². The van der Waals surface area contributed by atoms with Crippen LogP contribution in [-0.4, -0.2) is 39.4 Å². The van der Waals surface area contributed by atoms with Crippen LogP contribution in [0.4, 0.5) is 4.39 Å². The summed E-state index contributed by atoms with van der Waals surface area (Å²) in [5.41, 5.74) is 1.72. The highest BCUT2D eigenvalue weighted by Crippen LogP contribution is 2.18. The molecule has 1 saturated heterocycles. The number of imidazole rings is 1. The lowest BCUT2D eigenvalue weighted by atomic mass is 10.2. The molecule has 4 rings (SSSR count). The fourth-order valence-corrected chi connectivity index (χ4v) is 4.10. The van der Waals surface area contributed by atoms with Gasteiger partial charge in [-0.15, -0.1) is 0 Å². The van der Waals surface area contributed by atoms with Gasteiger partial charge in [-0.3, -0.25) is 9.59 Å². The highest BCUT2D eigenvalue weighted by atomic mass is 19.1. The molecule has 1 aliphatic rings. The van der Waals surface area contributed by atoms with E-state index in [1.807, 2.05) is 33.7 Å². The molecule has 0 aliphatic carbocycles. The van der Waals surface area contributed by atoms with Gasteiger partial charge in [0.25, 0.3) is 5.91 Å². The molecule has 1 aromatic heterocycles. The second-order valence-corrected chi connectivity index (χ2v) is 7.88. The molecule has 0 unspecified atom stereocenters. The number of hydrogen-bond donors (Lipinski definition) is 1. The van der Waals surface area contributed by atoms with Gasteiger partial charge in [-0.25, -0.2) is 9.37 Å². The van der Waals surface area contributed by atoms with Crippen molar-refractivity contribution >= 4 is 22.8 Å². The van der Waals surface area contributed by atoms with E-state index >= 15 is 0 Å². The molecule has 2 amide bonds. The molecule has 1 fully saturated rings. The first-order valence-electron chi connectivity index (χ1n) is 10.9. The Hall–Kier alpha value is -3.22. The lowest BCUT2D eigenvalue weighted by molar-refractivity contribution is -0.131. The summed E-state index contributed by atoms with van der Waals surface area (Å²) in [6.07, 6.45) is 4.87. The van der Waals surface area contributed by atoms with Crippen molar-refractivity contribution in [3.63, 3.8) is 0 Å². The fourth-order valence-electron chi connectivity index (χ4n) is 4.10. The van der Waals surface area contributed by atoms with Gasteiger partial charge in [0.1, 0.15) is 11.6 Å². The average Bonchev–Trinajstić information content (AvgIpc) is 2.93. The van der Waals surface area contributed by atoms with E-state index in [0.29, 0.717) is 18.8 Å². The first kappa shape index (κ1) is 21.0. The van der Waals surface area contributed by atoms with Crippen molar-refractivity contribution in [2.75, 3.05) is 13.1 Å². The van der Waals surface area contributed by atoms with Crippen LogP contribution in [0.25, 0.3) is 11.0 Å². The van der Waals surface area contributed by atoms with Crippen molar-refractivity contribution in [2.45, 2.75) is 45.2 Å². The molecule has 1 N–H and O–H groups in total. The molecule has 0 bridgehead atoms. The van der Waals surface area contributed by atoms with Crippen LogP contribution >= 0.6 is 0 Å². The van der Waals surface area contributed by atoms with Gasteiger partial charge in [-0.1, -0.05) is 37.1 Å². The van der Waals surface area contributed by atoms with Gasteiger partial charge >= 0.3 is 0 Å². The minimum atomic E-state index is -0.559. The molecule has 0 atom stereocenters. The zero-order valence-corrected chi connectivity index (χ0v) is 17.5. The number of rotatable bonds is 6. The van der Waals surface area contributed by atoms with Gasteiger partial charge in [0.05, 0.1) is 23.1 Å². The van der Waals surface area contributed by atoms with Crippen molar-refractivity contribution in [3.05, 3.63) is 65.7 Å². The SMILES string of the molecule is O=C(NCc1nc2ccccc2n1CCC(=O)N1CCCCCC1)c1ccccc1F. The van der Waals surface area contributed by atoms with Crippen LogP contribution < -0.4 is 5.32 Å². The highest BCUT2D eigenvalue weighted by Gasteiger charge is 2.18. The Morgan fingerprint density at radius 2 is 1.68 bits per heavy atom. The molecule has 7 heteroatoms. The number of fused-ring (bicyclic) bond motifs is 1. The average molecular weight is 423 g/mol. The maximum atomic E-state index is 13.9. The predicted octanol–water partition coefficient (Wildman–Crippen LogP) is 3.90. The van der Waals surface area contributed by atoms with Gasteiger partial charge in [-0.05, 0) is 37.1 Å². The van der Waals surface area contributed by atoms with Crippen LogP contribution in [-0.2, 0) is 17.9 Å². The molecule has 2 heterocycles. The minimum Gasteiger partial charge on any atom is -0.345 e. The number of carbonyl (C=O) groups excluding carboxylic acids is 2. The van der Waals surface area contributed by atoms with Gasteiger partial charge in [-0.2, -0.15) is 0 Å². The minimum absolute atomic E-state index is 0.00139. The molecular formula is C24H27FN4O2. The van der Waals surface area contributed by atoms with E-state index in [9.17, 15) is 14.0 Å². The molecule has 0 radical (unpaired) electrons. The van der Waals surface area contributed by atoms with Crippen LogP contribution in [0.1, 0.15) is 48.3 Å². The van der Waals surface area contributed by atoms with Gasteiger partial charge in [0, 0.05) is 26.1 Å². The van der Waals surface area contributed by atoms with Crippen molar-refractivity contribution in [1.82, 2.24) is 19.8 Å². The Morgan fingerprint density at radius 3 is 2.45 bits per heavy atom. The Labute approximate surface area is 181 Å². The number of benzene rings is 2. The summed E-state index contributed by atoms with van der Waals surface area (Å²) in [5, 5.41) is 2.76. The number of aromatic nitrogens is 2. The van der Waals surface area contributed by atoms with Gasteiger partial charge < -0.3 is 14.8 Å². The molecule has 3 aromatic rings.